The summed E-state index contributed by atoms with van der Waals surface area (Å²) < 4.78 is 27.9. The summed E-state index contributed by atoms with van der Waals surface area (Å²) in [6.07, 6.45) is 1.83. The van der Waals surface area contributed by atoms with E-state index >= 15 is 0 Å². The van der Waals surface area contributed by atoms with E-state index in [0.29, 0.717) is 12.2 Å². The fourth-order valence-electron chi connectivity index (χ4n) is 2.39. The topological polar surface area (TPSA) is 72.3 Å². The average molecular weight is 354 g/mol. The van der Waals surface area contributed by atoms with Crippen molar-refractivity contribution in [2.24, 2.45) is 0 Å². The number of aryl methyl sites for hydroxylation is 1. The Labute approximate surface area is 147 Å². The molecule has 6 heteroatoms. The second-order valence-corrected chi connectivity index (χ2v) is 7.39. The fraction of sp³-hybridized carbons (Fsp3) is 0.105. The molecule has 0 saturated heterocycles. The molecule has 3 rings (SSSR count). The normalized spacial score (nSPS) is 11.1. The van der Waals surface area contributed by atoms with E-state index in [0.717, 1.165) is 16.9 Å². The van der Waals surface area contributed by atoms with E-state index in [9.17, 15) is 8.42 Å². The third-order valence-corrected chi connectivity index (χ3v) is 5.15. The molecule has 0 saturated carbocycles. The van der Waals surface area contributed by atoms with Crippen molar-refractivity contribution >= 4 is 21.5 Å². The van der Waals surface area contributed by atoms with Gasteiger partial charge in [-0.25, -0.2) is 13.4 Å². The second-order valence-electron chi connectivity index (χ2n) is 5.71. The molecule has 3 aromatic rings. The number of anilines is 2. The van der Waals surface area contributed by atoms with Gasteiger partial charge in [-0.1, -0.05) is 42.0 Å². The summed E-state index contributed by atoms with van der Waals surface area (Å²) in [6.45, 7) is 2.42. The number of para-hydroxylation sites is 1. The maximum atomic E-state index is 12.6. The van der Waals surface area contributed by atoms with Gasteiger partial charge in [0.1, 0.15) is 6.54 Å². The lowest BCUT2D eigenvalue weighted by atomic mass is 10.2. The molecule has 0 bridgehead atoms. The molecule has 0 unspecified atom stereocenters. The molecular formula is C19H20N3O2S+. The van der Waals surface area contributed by atoms with Crippen LogP contribution in [-0.2, 0) is 16.6 Å². The molecule has 0 radical (unpaired) electrons. The summed E-state index contributed by atoms with van der Waals surface area (Å²) in [5.41, 5.74) is 2.43. The van der Waals surface area contributed by atoms with Gasteiger partial charge in [-0.05, 0) is 31.2 Å². The van der Waals surface area contributed by atoms with Gasteiger partial charge in [0.25, 0.3) is 15.8 Å². The van der Waals surface area contributed by atoms with E-state index in [2.05, 4.69) is 15.0 Å². The Bertz CT molecular complexity index is 940. The summed E-state index contributed by atoms with van der Waals surface area (Å²) in [5.74, 6) is 0.860. The summed E-state index contributed by atoms with van der Waals surface area (Å²) in [7, 11) is -3.62. The van der Waals surface area contributed by atoms with E-state index in [1.54, 1.807) is 30.3 Å². The van der Waals surface area contributed by atoms with Crippen LogP contribution in [0.5, 0.6) is 0 Å². The van der Waals surface area contributed by atoms with Crippen LogP contribution in [0.1, 0.15) is 11.1 Å². The Morgan fingerprint density at radius 2 is 1.64 bits per heavy atom. The van der Waals surface area contributed by atoms with Crippen LogP contribution >= 0.6 is 0 Å². The zero-order chi connectivity index (χ0) is 17.7. The van der Waals surface area contributed by atoms with Crippen molar-refractivity contribution < 1.29 is 13.4 Å². The highest BCUT2D eigenvalue weighted by Gasteiger charge is 2.16. The van der Waals surface area contributed by atoms with Gasteiger partial charge in [0.15, 0.2) is 0 Å². The highest BCUT2D eigenvalue weighted by Crippen LogP contribution is 2.21. The quantitative estimate of drug-likeness (QED) is 0.714. The zero-order valence-corrected chi connectivity index (χ0v) is 14.7. The molecule has 5 nitrogen and oxygen atoms in total. The first-order valence-electron chi connectivity index (χ1n) is 7.92. The summed E-state index contributed by atoms with van der Waals surface area (Å²) in [5, 5.41) is 3.24. The van der Waals surface area contributed by atoms with Crippen molar-refractivity contribution in [1.82, 2.24) is 0 Å². The zero-order valence-electron chi connectivity index (χ0n) is 13.9. The monoisotopic (exact) mass is 354 g/mol. The van der Waals surface area contributed by atoms with Gasteiger partial charge in [0, 0.05) is 11.6 Å². The van der Waals surface area contributed by atoms with Gasteiger partial charge in [-0.2, -0.15) is 0 Å². The van der Waals surface area contributed by atoms with Crippen LogP contribution in [-0.4, -0.2) is 8.42 Å². The number of aromatic amines is 1. The standard InChI is InChI=1S/C19H19N3O2S/c1-15-9-11-17(12-10-15)25(23,24)22-18-7-3-2-6-16(18)14-21-19-8-4-5-13-20-19/h2-13,22H,14H2,1H3,(H,20,21)/p+1. The summed E-state index contributed by atoms with van der Waals surface area (Å²) in [4.78, 5) is 3.34. The molecule has 1 aromatic heterocycles. The van der Waals surface area contributed by atoms with Crippen LogP contribution in [0.25, 0.3) is 0 Å². The Morgan fingerprint density at radius 3 is 2.36 bits per heavy atom. The highest BCUT2D eigenvalue weighted by atomic mass is 32.2. The SMILES string of the molecule is Cc1ccc(S(=O)(=O)Nc2ccccc2CNc2cccc[nH+]2)cc1. The van der Waals surface area contributed by atoms with Crippen molar-refractivity contribution in [3.63, 3.8) is 0 Å². The van der Waals surface area contributed by atoms with Gasteiger partial charge in [-0.3, -0.25) is 10.0 Å². The molecule has 0 aliphatic rings. The Kier molecular flexibility index (Phi) is 5.00. The summed E-state index contributed by atoms with van der Waals surface area (Å²) in [6, 6.07) is 19.9. The lowest BCUT2D eigenvalue weighted by molar-refractivity contribution is -0.361. The van der Waals surface area contributed by atoms with E-state index in [1.165, 1.54) is 0 Å². The van der Waals surface area contributed by atoms with Crippen molar-refractivity contribution in [3.05, 3.63) is 84.1 Å². The smallest absolute Gasteiger partial charge is 0.272 e. The van der Waals surface area contributed by atoms with E-state index in [1.807, 2.05) is 49.5 Å². The first-order valence-corrected chi connectivity index (χ1v) is 9.41. The van der Waals surface area contributed by atoms with Gasteiger partial charge >= 0.3 is 0 Å². The van der Waals surface area contributed by atoms with Crippen molar-refractivity contribution in [2.75, 3.05) is 10.0 Å². The predicted molar refractivity (Wildman–Crippen MR) is 98.8 cm³/mol. The predicted octanol–water partition coefficient (Wildman–Crippen LogP) is 3.22. The van der Waals surface area contributed by atoms with Crippen LogP contribution in [0, 0.1) is 6.92 Å². The number of aromatic nitrogens is 1. The number of pyridine rings is 1. The minimum atomic E-state index is -3.62. The minimum Gasteiger partial charge on any atom is -0.279 e. The first kappa shape index (κ1) is 17.0. The molecule has 0 aliphatic heterocycles. The molecule has 25 heavy (non-hydrogen) atoms. The molecule has 0 atom stereocenters. The molecule has 0 fully saturated rings. The van der Waals surface area contributed by atoms with Crippen LogP contribution < -0.4 is 15.0 Å². The number of nitrogens with one attached hydrogen (secondary N) is 3. The van der Waals surface area contributed by atoms with Crippen molar-refractivity contribution in [1.29, 1.82) is 0 Å². The molecular weight excluding hydrogens is 334 g/mol. The highest BCUT2D eigenvalue weighted by molar-refractivity contribution is 7.92. The van der Waals surface area contributed by atoms with Crippen LogP contribution in [0.2, 0.25) is 0 Å². The molecule has 0 spiro atoms. The number of H-pyrrole nitrogens is 1. The van der Waals surface area contributed by atoms with E-state index in [-0.39, 0.29) is 4.90 Å². The van der Waals surface area contributed by atoms with Crippen molar-refractivity contribution in [2.45, 2.75) is 18.4 Å². The van der Waals surface area contributed by atoms with Gasteiger partial charge in [0.2, 0.25) is 0 Å². The lowest BCUT2D eigenvalue weighted by Crippen LogP contribution is -2.16. The average Bonchev–Trinajstić information content (AvgIpc) is 2.62. The maximum Gasteiger partial charge on any atom is 0.272 e. The molecule has 3 N–H and O–H groups in total. The van der Waals surface area contributed by atoms with Crippen LogP contribution in [0.3, 0.4) is 0 Å². The van der Waals surface area contributed by atoms with Crippen molar-refractivity contribution in [3.8, 4) is 0 Å². The van der Waals surface area contributed by atoms with E-state index in [4.69, 9.17) is 0 Å². The largest absolute Gasteiger partial charge is 0.279 e. The lowest BCUT2D eigenvalue weighted by Gasteiger charge is -2.12. The Balaban J connectivity index is 1.79. The number of rotatable bonds is 6. The molecule has 128 valence electrons. The Hall–Kier alpha value is -2.86. The third-order valence-electron chi connectivity index (χ3n) is 3.77. The first-order chi connectivity index (χ1) is 12.0. The van der Waals surface area contributed by atoms with E-state index < -0.39 is 10.0 Å². The van der Waals surface area contributed by atoms with Crippen LogP contribution in [0.15, 0.2) is 77.8 Å². The number of benzene rings is 2. The summed E-state index contributed by atoms with van der Waals surface area (Å²) >= 11 is 0. The molecule has 1 heterocycles. The Morgan fingerprint density at radius 1 is 0.920 bits per heavy atom. The molecule has 2 aromatic carbocycles. The van der Waals surface area contributed by atoms with Gasteiger partial charge < -0.3 is 0 Å². The second kappa shape index (κ2) is 7.36. The number of hydrogen-bond acceptors (Lipinski definition) is 3. The van der Waals surface area contributed by atoms with Crippen LogP contribution in [0.4, 0.5) is 11.5 Å². The van der Waals surface area contributed by atoms with Gasteiger partial charge in [0.05, 0.1) is 16.8 Å². The minimum absolute atomic E-state index is 0.247. The number of sulfonamides is 1. The van der Waals surface area contributed by atoms with Gasteiger partial charge in [-0.15, -0.1) is 0 Å². The molecule has 0 aliphatic carbocycles. The molecule has 0 amide bonds. The third kappa shape index (κ3) is 4.36. The fourth-order valence-corrected chi connectivity index (χ4v) is 3.49. The number of hydrogen-bond donors (Lipinski definition) is 2. The maximum absolute atomic E-state index is 12.6.